The molecule has 0 radical (unpaired) electrons. The Morgan fingerprint density at radius 3 is 2.37 bits per heavy atom. The number of carbonyl (C=O) groups is 2. The van der Waals surface area contributed by atoms with Crippen LogP contribution in [0.25, 0.3) is 0 Å². The molecule has 2 aromatic rings. The van der Waals surface area contributed by atoms with Gasteiger partial charge >= 0.3 is 0 Å². The molecule has 0 saturated heterocycles. The van der Waals surface area contributed by atoms with Gasteiger partial charge in [-0.05, 0) is 77.4 Å². The number of amides is 2. The molecule has 1 heterocycles. The first kappa shape index (κ1) is 19.7. The van der Waals surface area contributed by atoms with Gasteiger partial charge in [0.2, 0.25) is 5.91 Å². The van der Waals surface area contributed by atoms with Crippen molar-refractivity contribution >= 4 is 33.4 Å². The number of benzene rings is 1. The van der Waals surface area contributed by atoms with Crippen LogP contribution in [0.5, 0.6) is 0 Å². The largest absolute Gasteiger partial charge is 0.444 e. The van der Waals surface area contributed by atoms with Gasteiger partial charge in [-0.3, -0.25) is 9.59 Å². The molecule has 1 aromatic heterocycles. The highest BCUT2D eigenvalue weighted by molar-refractivity contribution is 9.10. The van der Waals surface area contributed by atoms with E-state index in [-0.39, 0.29) is 17.6 Å². The lowest BCUT2D eigenvalue weighted by Gasteiger charge is -2.28. The van der Waals surface area contributed by atoms with Gasteiger partial charge in [-0.15, -0.1) is 0 Å². The molecule has 6 heteroatoms. The number of hydrogen-bond acceptors (Lipinski definition) is 3. The van der Waals surface area contributed by atoms with E-state index in [0.29, 0.717) is 22.8 Å². The molecular weight excluding hydrogens is 408 g/mol. The Balaban J connectivity index is 1.47. The van der Waals surface area contributed by atoms with Gasteiger partial charge in [0.25, 0.3) is 5.91 Å². The van der Waals surface area contributed by atoms with E-state index >= 15 is 0 Å². The first-order valence-electron chi connectivity index (χ1n) is 9.48. The third-order valence-electron chi connectivity index (χ3n) is 5.16. The van der Waals surface area contributed by atoms with Crippen molar-refractivity contribution in [3.05, 3.63) is 52.4 Å². The van der Waals surface area contributed by atoms with Gasteiger partial charge < -0.3 is 15.1 Å². The van der Waals surface area contributed by atoms with Crippen molar-refractivity contribution < 1.29 is 14.0 Å². The summed E-state index contributed by atoms with van der Waals surface area (Å²) in [6.07, 6.45) is 6.17. The van der Waals surface area contributed by atoms with Gasteiger partial charge in [0.1, 0.15) is 0 Å². The lowest BCUT2D eigenvalue weighted by atomic mass is 9.84. The Bertz CT molecular complexity index is 777. The molecule has 1 aliphatic carbocycles. The fraction of sp³-hybridized carbons (Fsp3) is 0.429. The molecule has 0 bridgehead atoms. The molecule has 3 rings (SSSR count). The molecule has 1 aromatic carbocycles. The summed E-state index contributed by atoms with van der Waals surface area (Å²) in [5, 5.41) is 5.93. The minimum Gasteiger partial charge on any atom is -0.444 e. The van der Waals surface area contributed by atoms with Gasteiger partial charge in [-0.1, -0.05) is 25.5 Å². The molecule has 0 aliphatic heterocycles. The predicted molar refractivity (Wildman–Crippen MR) is 109 cm³/mol. The van der Waals surface area contributed by atoms with Crippen LogP contribution in [0.15, 0.2) is 45.5 Å². The molecule has 0 spiro atoms. The van der Waals surface area contributed by atoms with Gasteiger partial charge in [0.05, 0.1) is 6.42 Å². The number of anilines is 1. The highest BCUT2D eigenvalue weighted by atomic mass is 79.9. The number of halogens is 1. The Hall–Kier alpha value is -2.08. The van der Waals surface area contributed by atoms with Crippen molar-refractivity contribution in [1.82, 2.24) is 5.32 Å². The van der Waals surface area contributed by atoms with E-state index in [0.717, 1.165) is 24.3 Å². The normalized spacial score (nSPS) is 19.5. The number of carbonyl (C=O) groups excluding carboxylic acids is 2. The molecule has 0 atom stereocenters. The summed E-state index contributed by atoms with van der Waals surface area (Å²) in [7, 11) is 0. The van der Waals surface area contributed by atoms with Crippen molar-refractivity contribution in [2.45, 2.75) is 51.5 Å². The maximum absolute atomic E-state index is 12.3. The quantitative estimate of drug-likeness (QED) is 0.679. The van der Waals surface area contributed by atoms with E-state index in [9.17, 15) is 9.59 Å². The number of furan rings is 1. The molecule has 1 aliphatic rings. The predicted octanol–water partition coefficient (Wildman–Crippen LogP) is 4.92. The van der Waals surface area contributed by atoms with Crippen LogP contribution < -0.4 is 10.6 Å². The molecular formula is C21H25BrN2O3. The second-order valence-electron chi connectivity index (χ2n) is 7.12. The summed E-state index contributed by atoms with van der Waals surface area (Å²) in [6.45, 7) is 2.24. The van der Waals surface area contributed by atoms with E-state index in [1.54, 1.807) is 24.3 Å². The van der Waals surface area contributed by atoms with Crippen LogP contribution in [-0.2, 0) is 11.2 Å². The molecule has 27 heavy (non-hydrogen) atoms. The summed E-state index contributed by atoms with van der Waals surface area (Å²) < 4.78 is 5.74. The fourth-order valence-electron chi connectivity index (χ4n) is 3.51. The first-order valence-corrected chi connectivity index (χ1v) is 10.3. The van der Waals surface area contributed by atoms with Crippen LogP contribution >= 0.6 is 15.9 Å². The fourth-order valence-corrected chi connectivity index (χ4v) is 3.82. The lowest BCUT2D eigenvalue weighted by Crippen LogP contribution is -2.38. The molecule has 144 valence electrons. The number of rotatable bonds is 6. The standard InChI is InChI=1S/C21H25BrN2O3/c1-2-14-3-7-16(8-4-14)23-20(25)13-15-5-9-17(10-6-15)24-21(26)18-11-12-19(22)27-18/h5-6,9-12,14,16H,2-4,7-8,13H2,1H3,(H,23,25)(H,24,26). The molecule has 2 N–H and O–H groups in total. The Labute approximate surface area is 168 Å². The molecule has 5 nitrogen and oxygen atoms in total. The van der Waals surface area contributed by atoms with Crippen LogP contribution in [0.2, 0.25) is 0 Å². The number of nitrogens with one attached hydrogen (secondary N) is 2. The molecule has 1 fully saturated rings. The summed E-state index contributed by atoms with van der Waals surface area (Å²) in [5.41, 5.74) is 1.59. The second kappa shape index (κ2) is 9.22. The van der Waals surface area contributed by atoms with Crippen molar-refractivity contribution in [1.29, 1.82) is 0 Å². The minimum absolute atomic E-state index is 0.0622. The summed E-state index contributed by atoms with van der Waals surface area (Å²) >= 11 is 3.18. The van der Waals surface area contributed by atoms with E-state index in [4.69, 9.17) is 4.42 Å². The minimum atomic E-state index is -0.311. The average Bonchev–Trinajstić information content (AvgIpc) is 3.10. The summed E-state index contributed by atoms with van der Waals surface area (Å²) in [6, 6.07) is 10.9. The second-order valence-corrected chi connectivity index (χ2v) is 7.91. The van der Waals surface area contributed by atoms with Crippen molar-refractivity contribution in [3.8, 4) is 0 Å². The lowest BCUT2D eigenvalue weighted by molar-refractivity contribution is -0.121. The zero-order valence-corrected chi connectivity index (χ0v) is 17.1. The van der Waals surface area contributed by atoms with Gasteiger partial charge in [0, 0.05) is 11.7 Å². The Kier molecular flexibility index (Phi) is 6.72. The van der Waals surface area contributed by atoms with E-state index in [1.807, 2.05) is 12.1 Å². The van der Waals surface area contributed by atoms with E-state index < -0.39 is 0 Å². The van der Waals surface area contributed by atoms with E-state index in [2.05, 4.69) is 33.5 Å². The zero-order chi connectivity index (χ0) is 19.2. The highest BCUT2D eigenvalue weighted by Crippen LogP contribution is 2.26. The van der Waals surface area contributed by atoms with Crippen LogP contribution in [0, 0.1) is 5.92 Å². The maximum atomic E-state index is 12.3. The number of hydrogen-bond donors (Lipinski definition) is 2. The van der Waals surface area contributed by atoms with E-state index in [1.165, 1.54) is 19.3 Å². The SMILES string of the molecule is CCC1CCC(NC(=O)Cc2ccc(NC(=O)c3ccc(Br)o3)cc2)CC1. The first-order chi connectivity index (χ1) is 13.0. The highest BCUT2D eigenvalue weighted by Gasteiger charge is 2.21. The molecule has 2 amide bonds. The third-order valence-corrected chi connectivity index (χ3v) is 5.59. The van der Waals surface area contributed by atoms with Crippen molar-refractivity contribution in [2.24, 2.45) is 5.92 Å². The summed E-state index contributed by atoms with van der Waals surface area (Å²) in [5.74, 6) is 0.812. The molecule has 0 unspecified atom stereocenters. The Morgan fingerprint density at radius 2 is 1.78 bits per heavy atom. The smallest absolute Gasteiger partial charge is 0.291 e. The van der Waals surface area contributed by atoms with Gasteiger partial charge in [-0.25, -0.2) is 0 Å². The van der Waals surface area contributed by atoms with Crippen LogP contribution in [0.4, 0.5) is 5.69 Å². The summed E-state index contributed by atoms with van der Waals surface area (Å²) in [4.78, 5) is 24.4. The Morgan fingerprint density at radius 1 is 1.07 bits per heavy atom. The van der Waals surface area contributed by atoms with Crippen LogP contribution in [-0.4, -0.2) is 17.9 Å². The molecule has 1 saturated carbocycles. The van der Waals surface area contributed by atoms with Crippen LogP contribution in [0.1, 0.15) is 55.1 Å². The average molecular weight is 433 g/mol. The van der Waals surface area contributed by atoms with Gasteiger partial charge in [0.15, 0.2) is 10.4 Å². The zero-order valence-electron chi connectivity index (χ0n) is 15.5. The van der Waals surface area contributed by atoms with Crippen molar-refractivity contribution in [3.63, 3.8) is 0 Å². The van der Waals surface area contributed by atoms with Crippen LogP contribution in [0.3, 0.4) is 0 Å². The van der Waals surface area contributed by atoms with Crippen molar-refractivity contribution in [2.75, 3.05) is 5.32 Å². The topological polar surface area (TPSA) is 71.3 Å². The van der Waals surface area contributed by atoms with Gasteiger partial charge in [-0.2, -0.15) is 0 Å². The maximum Gasteiger partial charge on any atom is 0.291 e. The third kappa shape index (κ3) is 5.70. The monoisotopic (exact) mass is 432 g/mol.